The summed E-state index contributed by atoms with van der Waals surface area (Å²) in [5.41, 5.74) is 23.3. The molecule has 424 valence electrons. The predicted molar refractivity (Wildman–Crippen MR) is 376 cm³/mol. The molecule has 0 saturated heterocycles. The number of hydrogen-bond donors (Lipinski definition) is 0. The molecule has 0 spiro atoms. The van der Waals surface area contributed by atoms with Crippen LogP contribution in [0.5, 0.6) is 0 Å². The summed E-state index contributed by atoms with van der Waals surface area (Å²) in [5.74, 6) is 0. The highest BCUT2D eigenvalue weighted by Crippen LogP contribution is 2.47. The van der Waals surface area contributed by atoms with E-state index in [1.165, 1.54) is 22.0 Å². The normalized spacial score (nSPS) is 12.0. The van der Waals surface area contributed by atoms with Crippen LogP contribution >= 0.6 is 0 Å². The first-order valence-electron chi connectivity index (χ1n) is 30.6. The van der Waals surface area contributed by atoms with Crippen LogP contribution in [0.3, 0.4) is 0 Å². The van der Waals surface area contributed by atoms with Crippen LogP contribution in [0, 0.1) is 0 Å². The van der Waals surface area contributed by atoms with Crippen molar-refractivity contribution in [3.63, 3.8) is 0 Å². The average Bonchev–Trinajstić information content (AvgIpc) is 1.89. The molecular formula is C84H63N5. The molecule has 1 aliphatic rings. The Balaban J connectivity index is 0.878. The molecule has 0 amide bonds. The van der Waals surface area contributed by atoms with Crippen LogP contribution < -0.4 is 19.6 Å². The highest BCUT2D eigenvalue weighted by Gasteiger charge is 2.23. The van der Waals surface area contributed by atoms with E-state index >= 15 is 0 Å². The van der Waals surface area contributed by atoms with E-state index in [2.05, 4.69) is 382 Å². The summed E-state index contributed by atoms with van der Waals surface area (Å²) < 4.78 is 2.40. The second kappa shape index (κ2) is 24.4. The highest BCUT2D eigenvalue weighted by molar-refractivity contribution is 6.11. The zero-order valence-electron chi connectivity index (χ0n) is 49.2. The largest absolute Gasteiger partial charge is 0.311 e. The van der Waals surface area contributed by atoms with Gasteiger partial charge in [0.05, 0.1) is 11.0 Å². The fourth-order valence-corrected chi connectivity index (χ4v) is 12.9. The molecule has 89 heavy (non-hydrogen) atoms. The van der Waals surface area contributed by atoms with Crippen LogP contribution in [0.2, 0.25) is 0 Å². The SMILES string of the molecule is C1=CC(N(c2ccccc2)c2ccc(N(c3ccccc3)c3cccc(-c4cccc(-c5cccc(N(c6ccccc6)c6ccc(N(c7ccccc7)c7ccccc7)cc6)c5)c4-c4ccc5c(c4)c4ccccc4n5-c4ccccc4)c3)cc2)=CCC1. The van der Waals surface area contributed by atoms with Gasteiger partial charge in [0.25, 0.3) is 0 Å². The van der Waals surface area contributed by atoms with Gasteiger partial charge in [-0.2, -0.15) is 0 Å². The van der Waals surface area contributed by atoms with Crippen molar-refractivity contribution >= 4 is 84.4 Å². The van der Waals surface area contributed by atoms with Crippen molar-refractivity contribution in [2.75, 3.05) is 19.6 Å². The topological polar surface area (TPSA) is 17.9 Å². The molecule has 5 heteroatoms. The number of aromatic nitrogens is 1. The molecule has 13 aromatic carbocycles. The van der Waals surface area contributed by atoms with Crippen molar-refractivity contribution in [3.8, 4) is 39.1 Å². The Kier molecular flexibility index (Phi) is 14.8. The Morgan fingerprint density at radius 3 is 1.08 bits per heavy atom. The lowest BCUT2D eigenvalue weighted by atomic mass is 9.87. The number of benzene rings is 13. The van der Waals surface area contributed by atoms with Gasteiger partial charge in [0.15, 0.2) is 0 Å². The molecule has 0 unspecified atom stereocenters. The molecule has 14 aromatic rings. The van der Waals surface area contributed by atoms with E-state index in [0.29, 0.717) is 0 Å². The van der Waals surface area contributed by atoms with E-state index in [0.717, 1.165) is 120 Å². The minimum atomic E-state index is 1.02. The van der Waals surface area contributed by atoms with Crippen LogP contribution in [0.25, 0.3) is 60.9 Å². The Bertz CT molecular complexity index is 4770. The third-order valence-electron chi connectivity index (χ3n) is 16.9. The van der Waals surface area contributed by atoms with Gasteiger partial charge >= 0.3 is 0 Å². The number of hydrogen-bond acceptors (Lipinski definition) is 4. The molecule has 0 fully saturated rings. The van der Waals surface area contributed by atoms with Crippen LogP contribution in [0.15, 0.2) is 364 Å². The van der Waals surface area contributed by atoms with Gasteiger partial charge in [-0.25, -0.2) is 0 Å². The second-order valence-electron chi connectivity index (χ2n) is 22.4. The average molecular weight is 1140 g/mol. The second-order valence-corrected chi connectivity index (χ2v) is 22.4. The molecule has 0 saturated carbocycles. The van der Waals surface area contributed by atoms with E-state index in [4.69, 9.17) is 0 Å². The Morgan fingerprint density at radius 2 is 0.618 bits per heavy atom. The Hall–Kier alpha value is -11.7. The summed E-state index contributed by atoms with van der Waals surface area (Å²) in [5, 5.41) is 2.40. The van der Waals surface area contributed by atoms with E-state index in [-0.39, 0.29) is 0 Å². The van der Waals surface area contributed by atoms with Crippen LogP contribution in [-0.2, 0) is 0 Å². The fraction of sp³-hybridized carbons (Fsp3) is 0.0238. The minimum absolute atomic E-state index is 1.02. The first kappa shape index (κ1) is 54.0. The minimum Gasteiger partial charge on any atom is -0.311 e. The molecule has 5 nitrogen and oxygen atoms in total. The molecule has 0 aliphatic heterocycles. The summed E-state index contributed by atoms with van der Waals surface area (Å²) in [6, 6.07) is 123. The smallest absolute Gasteiger partial charge is 0.0541 e. The summed E-state index contributed by atoms with van der Waals surface area (Å²) in [6.45, 7) is 0. The number of rotatable bonds is 16. The van der Waals surface area contributed by atoms with Crippen molar-refractivity contribution in [1.29, 1.82) is 0 Å². The van der Waals surface area contributed by atoms with E-state index < -0.39 is 0 Å². The van der Waals surface area contributed by atoms with E-state index in [1.807, 2.05) is 0 Å². The van der Waals surface area contributed by atoms with Gasteiger partial charge in [0, 0.05) is 84.7 Å². The van der Waals surface area contributed by atoms with Crippen LogP contribution in [-0.4, -0.2) is 4.57 Å². The van der Waals surface area contributed by atoms with Crippen molar-refractivity contribution in [1.82, 2.24) is 4.57 Å². The molecule has 1 aliphatic carbocycles. The lowest BCUT2D eigenvalue weighted by Crippen LogP contribution is -2.16. The lowest BCUT2D eigenvalue weighted by Gasteiger charge is -2.29. The fourth-order valence-electron chi connectivity index (χ4n) is 12.9. The maximum absolute atomic E-state index is 2.43. The van der Waals surface area contributed by atoms with Gasteiger partial charge in [-0.3, -0.25) is 0 Å². The first-order chi connectivity index (χ1) is 44.2. The summed E-state index contributed by atoms with van der Waals surface area (Å²) in [4.78, 5) is 9.41. The maximum Gasteiger partial charge on any atom is 0.0541 e. The van der Waals surface area contributed by atoms with Crippen molar-refractivity contribution in [3.05, 3.63) is 364 Å². The maximum atomic E-state index is 2.43. The summed E-state index contributed by atoms with van der Waals surface area (Å²) >= 11 is 0. The standard InChI is InChI=1S/C84H63N5/c1-8-29-65(30-9-1)85(66-31-10-2-11-32-66)72-50-54-74(55-51-72)87(69-37-16-5-17-38-69)76-43-24-27-62(59-76)78-46-26-47-79(84(78)64-49-58-83-81(61-64)80-45-22-23-48-82(80)89(83)71-41-20-7-21-42-71)63-28-25-44-77(60-63)88(70-39-18-6-19-40-70)75-56-52-73(53-57-75)86(67-33-12-3-13-34-67)68-35-14-4-15-36-68/h1-3,5-14,16-61H,4,15H2. The molecule has 1 heterocycles. The molecule has 0 N–H and O–H groups in total. The lowest BCUT2D eigenvalue weighted by molar-refractivity contribution is 0.997. The molecule has 15 rings (SSSR count). The molecule has 0 bridgehead atoms. The highest BCUT2D eigenvalue weighted by atomic mass is 15.2. The van der Waals surface area contributed by atoms with Gasteiger partial charge in [-0.05, 0) is 216 Å². The van der Waals surface area contributed by atoms with E-state index in [9.17, 15) is 0 Å². The van der Waals surface area contributed by atoms with Gasteiger partial charge in [0.1, 0.15) is 0 Å². The quantitative estimate of drug-likeness (QED) is 0.0959. The summed E-state index contributed by atoms with van der Waals surface area (Å²) in [6.07, 6.45) is 8.94. The van der Waals surface area contributed by atoms with Gasteiger partial charge in [-0.15, -0.1) is 0 Å². The van der Waals surface area contributed by atoms with Crippen molar-refractivity contribution < 1.29 is 0 Å². The molecule has 0 atom stereocenters. The number of anilines is 11. The molecule has 1 aromatic heterocycles. The van der Waals surface area contributed by atoms with Crippen molar-refractivity contribution in [2.45, 2.75) is 12.8 Å². The number of para-hydroxylation sites is 7. The Labute approximate surface area is 521 Å². The van der Waals surface area contributed by atoms with E-state index in [1.54, 1.807) is 0 Å². The van der Waals surface area contributed by atoms with Gasteiger partial charge in [0.2, 0.25) is 0 Å². The van der Waals surface area contributed by atoms with Crippen molar-refractivity contribution in [2.24, 2.45) is 0 Å². The van der Waals surface area contributed by atoms with Gasteiger partial charge in [-0.1, -0.05) is 188 Å². The van der Waals surface area contributed by atoms with Crippen LogP contribution in [0.1, 0.15) is 12.8 Å². The summed E-state index contributed by atoms with van der Waals surface area (Å²) in [7, 11) is 0. The molecule has 0 radical (unpaired) electrons. The predicted octanol–water partition coefficient (Wildman–Crippen LogP) is 23.6. The monoisotopic (exact) mass is 1140 g/mol. The molecular weight excluding hydrogens is 1080 g/mol. The number of fused-ring (bicyclic) bond motifs is 3. The Morgan fingerprint density at radius 1 is 0.247 bits per heavy atom. The third-order valence-corrected chi connectivity index (χ3v) is 16.9. The number of allylic oxidation sites excluding steroid dienone is 3. The third kappa shape index (κ3) is 10.7. The zero-order chi connectivity index (χ0) is 59.3. The zero-order valence-corrected chi connectivity index (χ0v) is 49.2. The first-order valence-corrected chi connectivity index (χ1v) is 30.6. The van der Waals surface area contributed by atoms with Crippen LogP contribution in [0.4, 0.5) is 62.6 Å². The number of nitrogens with zero attached hydrogens (tertiary/aromatic N) is 5. The van der Waals surface area contributed by atoms with Gasteiger partial charge < -0.3 is 24.2 Å².